The molecular weight excluding hydrogens is 476 g/mol. The zero-order valence-electron chi connectivity index (χ0n) is 21.7. The molecule has 0 radical (unpaired) electrons. The van der Waals surface area contributed by atoms with Gasteiger partial charge in [-0.25, -0.2) is 9.97 Å². The first kappa shape index (κ1) is 25.0. The fourth-order valence-electron chi connectivity index (χ4n) is 4.28. The molecule has 3 aromatic carbocycles. The van der Waals surface area contributed by atoms with Crippen molar-refractivity contribution in [1.29, 1.82) is 0 Å². The zero-order valence-corrected chi connectivity index (χ0v) is 21.7. The van der Waals surface area contributed by atoms with Gasteiger partial charge in [0, 0.05) is 10.8 Å². The maximum Gasteiger partial charge on any atom is 0.324 e. The Kier molecular flexibility index (Phi) is 6.79. The van der Waals surface area contributed by atoms with Gasteiger partial charge in [0.15, 0.2) is 0 Å². The van der Waals surface area contributed by atoms with Crippen molar-refractivity contribution >= 4 is 0 Å². The molecule has 2 heterocycles. The van der Waals surface area contributed by atoms with Gasteiger partial charge in [-0.3, -0.25) is 0 Å². The lowest BCUT2D eigenvalue weighted by Gasteiger charge is -2.31. The smallest absolute Gasteiger partial charge is 0.324 e. The topological polar surface area (TPSA) is 95.8 Å². The van der Waals surface area contributed by atoms with Crippen LogP contribution in [0.1, 0.15) is 49.9 Å². The maximum atomic E-state index is 5.73. The summed E-state index contributed by atoms with van der Waals surface area (Å²) in [4.78, 5) is 23.7. The second-order valence-electron chi connectivity index (χ2n) is 9.93. The Morgan fingerprint density at radius 1 is 0.474 bits per heavy atom. The second-order valence-corrected chi connectivity index (χ2v) is 9.93. The average molecular weight is 505 g/mol. The van der Waals surface area contributed by atoms with Crippen molar-refractivity contribution in [3.63, 3.8) is 0 Å². The summed E-state index contributed by atoms with van der Waals surface area (Å²) in [6.45, 7) is 8.92. The summed E-state index contributed by atoms with van der Waals surface area (Å²) in [5.41, 5.74) is 4.36. The number of aromatic nitrogens is 6. The van der Waals surface area contributed by atoms with E-state index >= 15 is 0 Å². The van der Waals surface area contributed by atoms with Crippen LogP contribution in [0.4, 0.5) is 0 Å². The molecule has 0 saturated heterocycles. The van der Waals surface area contributed by atoms with E-state index in [1.807, 2.05) is 24.3 Å². The van der Waals surface area contributed by atoms with Gasteiger partial charge in [0.25, 0.3) is 0 Å². The number of ether oxygens (including phenoxy) is 2. The number of hydrogen-bond donors (Lipinski definition) is 0. The van der Waals surface area contributed by atoms with Gasteiger partial charge in [0.05, 0.1) is 0 Å². The predicted molar refractivity (Wildman–Crippen MR) is 143 cm³/mol. The predicted octanol–water partition coefficient (Wildman–Crippen LogP) is 6.29. The molecule has 8 heteroatoms. The van der Waals surface area contributed by atoms with E-state index in [4.69, 9.17) is 9.47 Å². The molecule has 0 aliphatic heterocycles. The number of nitrogens with zero attached hydrogens (tertiary/aromatic N) is 6. The molecule has 0 spiro atoms. The molecule has 0 saturated carbocycles. The van der Waals surface area contributed by atoms with Crippen molar-refractivity contribution in [2.45, 2.75) is 38.5 Å². The molecule has 38 heavy (non-hydrogen) atoms. The Morgan fingerprint density at radius 2 is 0.842 bits per heavy atom. The maximum absolute atomic E-state index is 5.73. The molecule has 0 atom stereocenters. The van der Waals surface area contributed by atoms with Gasteiger partial charge in [-0.15, -0.1) is 0 Å². The minimum Gasteiger partial charge on any atom is -0.424 e. The van der Waals surface area contributed by atoms with Crippen molar-refractivity contribution in [2.75, 3.05) is 0 Å². The van der Waals surface area contributed by atoms with Crippen LogP contribution in [0, 0.1) is 0 Å². The largest absolute Gasteiger partial charge is 0.424 e. The highest BCUT2D eigenvalue weighted by Gasteiger charge is 2.28. The van der Waals surface area contributed by atoms with Crippen molar-refractivity contribution < 1.29 is 9.47 Å². The lowest BCUT2D eigenvalue weighted by atomic mass is 9.73. The van der Waals surface area contributed by atoms with Gasteiger partial charge in [0.1, 0.15) is 36.8 Å². The lowest BCUT2D eigenvalue weighted by molar-refractivity contribution is 0.438. The molecule has 0 aliphatic rings. The van der Waals surface area contributed by atoms with E-state index in [1.165, 1.54) is 47.6 Å². The summed E-state index contributed by atoms with van der Waals surface area (Å²) < 4.78 is 11.5. The molecule has 0 N–H and O–H groups in total. The third kappa shape index (κ3) is 5.34. The van der Waals surface area contributed by atoms with E-state index in [9.17, 15) is 0 Å². The quantitative estimate of drug-likeness (QED) is 0.243. The molecule has 0 unspecified atom stereocenters. The van der Waals surface area contributed by atoms with Crippen LogP contribution in [0.3, 0.4) is 0 Å². The van der Waals surface area contributed by atoms with Crippen molar-refractivity contribution in [3.05, 3.63) is 120 Å². The molecule has 0 fully saturated rings. The van der Waals surface area contributed by atoms with E-state index < -0.39 is 0 Å². The molecule has 2 aromatic heterocycles. The zero-order chi connectivity index (χ0) is 26.6. The monoisotopic (exact) mass is 504 g/mol. The van der Waals surface area contributed by atoms with E-state index in [1.54, 1.807) is 0 Å². The highest BCUT2D eigenvalue weighted by molar-refractivity contribution is 5.46. The average Bonchev–Trinajstić information content (AvgIpc) is 2.95. The van der Waals surface area contributed by atoms with Gasteiger partial charge in [-0.05, 0) is 46.5 Å². The third-order valence-electron chi connectivity index (χ3n) is 6.82. The minimum absolute atomic E-state index is 0.222. The Bertz CT molecular complexity index is 1380. The highest BCUT2D eigenvalue weighted by Crippen LogP contribution is 2.38. The summed E-state index contributed by atoms with van der Waals surface area (Å²) in [7, 11) is 0. The Hall–Kier alpha value is -4.72. The summed E-state index contributed by atoms with van der Waals surface area (Å²) >= 11 is 0. The molecule has 5 aromatic rings. The lowest BCUT2D eigenvalue weighted by Crippen LogP contribution is -2.22. The van der Waals surface area contributed by atoms with Gasteiger partial charge < -0.3 is 9.47 Å². The minimum atomic E-state index is -0.222. The summed E-state index contributed by atoms with van der Waals surface area (Å²) in [5, 5.41) is 0. The van der Waals surface area contributed by atoms with Crippen LogP contribution < -0.4 is 9.47 Å². The van der Waals surface area contributed by atoms with Crippen LogP contribution >= 0.6 is 0 Å². The Balaban J connectivity index is 1.35. The molecule has 8 nitrogen and oxygen atoms in total. The van der Waals surface area contributed by atoms with Crippen LogP contribution in [0.5, 0.6) is 23.5 Å². The molecule has 0 aliphatic carbocycles. The van der Waals surface area contributed by atoms with Crippen LogP contribution in [0.25, 0.3) is 0 Å². The van der Waals surface area contributed by atoms with Gasteiger partial charge in [-0.1, -0.05) is 76.2 Å². The van der Waals surface area contributed by atoms with E-state index in [2.05, 4.69) is 106 Å². The van der Waals surface area contributed by atoms with Crippen LogP contribution in [0.15, 0.2) is 98.1 Å². The first-order valence-electron chi connectivity index (χ1n) is 12.2. The van der Waals surface area contributed by atoms with Crippen molar-refractivity contribution in [2.24, 2.45) is 0 Å². The standard InChI is InChI=1S/C30H28N6O2/c1-29(2,21-8-12-25(13-9-21)37-27-33-17-31-18-34-27)23-6-5-7-24(16-23)30(3,4)22-10-14-26(15-11-22)38-28-35-19-32-20-36-28/h5-20H,1-4H3. The fraction of sp³-hybridized carbons (Fsp3) is 0.200. The Morgan fingerprint density at radius 3 is 1.21 bits per heavy atom. The van der Waals surface area contributed by atoms with Crippen LogP contribution in [-0.4, -0.2) is 29.9 Å². The highest BCUT2D eigenvalue weighted by atomic mass is 16.5. The van der Waals surface area contributed by atoms with E-state index in [0.717, 1.165) is 0 Å². The van der Waals surface area contributed by atoms with Gasteiger partial charge in [0.2, 0.25) is 0 Å². The summed E-state index contributed by atoms with van der Waals surface area (Å²) in [6, 6.07) is 25.4. The first-order chi connectivity index (χ1) is 18.3. The molecule has 190 valence electrons. The number of benzene rings is 3. The second kappa shape index (κ2) is 10.3. The van der Waals surface area contributed by atoms with E-state index in [-0.39, 0.29) is 22.9 Å². The van der Waals surface area contributed by atoms with Crippen LogP contribution in [0.2, 0.25) is 0 Å². The van der Waals surface area contributed by atoms with Gasteiger partial charge in [-0.2, -0.15) is 19.9 Å². The van der Waals surface area contributed by atoms with E-state index in [0.29, 0.717) is 11.5 Å². The molecule has 0 amide bonds. The van der Waals surface area contributed by atoms with Gasteiger partial charge >= 0.3 is 12.0 Å². The molecular formula is C30H28N6O2. The summed E-state index contributed by atoms with van der Waals surface area (Å²) in [6.07, 6.45) is 5.64. The summed E-state index contributed by atoms with van der Waals surface area (Å²) in [5.74, 6) is 1.35. The van der Waals surface area contributed by atoms with Crippen molar-refractivity contribution in [1.82, 2.24) is 29.9 Å². The fourth-order valence-corrected chi connectivity index (χ4v) is 4.28. The Labute approximate surface area is 221 Å². The van der Waals surface area contributed by atoms with Crippen LogP contribution in [-0.2, 0) is 10.8 Å². The first-order valence-corrected chi connectivity index (χ1v) is 12.2. The van der Waals surface area contributed by atoms with Crippen molar-refractivity contribution in [3.8, 4) is 23.5 Å². The molecule has 5 rings (SSSR count). The SMILES string of the molecule is CC(C)(c1ccc(Oc2ncncn2)cc1)c1cccc(C(C)(C)c2ccc(Oc3ncncn3)cc2)c1. The normalized spacial score (nSPS) is 11.7. The molecule has 0 bridgehead atoms. The third-order valence-corrected chi connectivity index (χ3v) is 6.82. The number of rotatable bonds is 8. The number of hydrogen-bond acceptors (Lipinski definition) is 8.